The lowest BCUT2D eigenvalue weighted by Crippen LogP contribution is -2.45. The Morgan fingerprint density at radius 1 is 1.17 bits per heavy atom. The summed E-state index contributed by atoms with van der Waals surface area (Å²) in [5.74, 6) is -4.99. The van der Waals surface area contributed by atoms with E-state index in [0.717, 1.165) is 12.1 Å². The molecule has 0 fully saturated rings. The topological polar surface area (TPSA) is 26.0 Å². The van der Waals surface area contributed by atoms with Gasteiger partial charge in [-0.3, -0.25) is 0 Å². The maximum atomic E-state index is 12.9. The predicted molar refractivity (Wildman–Crippen MR) is 61.4 cm³/mol. The Morgan fingerprint density at radius 2 is 1.67 bits per heavy atom. The Hall–Kier alpha value is -0.590. The van der Waals surface area contributed by atoms with E-state index in [2.05, 4.69) is 0 Å². The van der Waals surface area contributed by atoms with Gasteiger partial charge in [-0.1, -0.05) is 23.7 Å². The van der Waals surface area contributed by atoms with Crippen LogP contribution in [0.15, 0.2) is 18.2 Å². The van der Waals surface area contributed by atoms with Gasteiger partial charge < -0.3 is 5.73 Å². The molecule has 0 heterocycles. The summed E-state index contributed by atoms with van der Waals surface area (Å²) < 4.78 is 62.2. The molecule has 1 nitrogen and oxygen atoms in total. The molecule has 0 radical (unpaired) electrons. The van der Waals surface area contributed by atoms with Gasteiger partial charge >= 0.3 is 12.1 Å². The van der Waals surface area contributed by atoms with Crippen LogP contribution in [0.4, 0.5) is 22.0 Å². The van der Waals surface area contributed by atoms with Gasteiger partial charge in [-0.2, -0.15) is 22.0 Å². The van der Waals surface area contributed by atoms with Crippen molar-refractivity contribution in [3.8, 4) is 0 Å². The Balaban J connectivity index is 0.00000289. The summed E-state index contributed by atoms with van der Waals surface area (Å²) in [7, 11) is 0. The van der Waals surface area contributed by atoms with Gasteiger partial charge in [0.05, 0.1) is 0 Å². The van der Waals surface area contributed by atoms with E-state index in [-0.39, 0.29) is 23.0 Å². The highest BCUT2D eigenvalue weighted by molar-refractivity contribution is 6.31. The van der Waals surface area contributed by atoms with Gasteiger partial charge in [0.15, 0.2) is 0 Å². The van der Waals surface area contributed by atoms with Gasteiger partial charge in [-0.15, -0.1) is 12.4 Å². The molecule has 8 heteroatoms. The van der Waals surface area contributed by atoms with Crippen LogP contribution in [0.25, 0.3) is 0 Å². The molecular weight excluding hydrogens is 300 g/mol. The lowest BCUT2D eigenvalue weighted by molar-refractivity contribution is -0.291. The van der Waals surface area contributed by atoms with Crippen molar-refractivity contribution in [3.05, 3.63) is 34.3 Å². The zero-order valence-electron chi connectivity index (χ0n) is 9.06. The zero-order chi connectivity index (χ0) is 13.4. The van der Waals surface area contributed by atoms with Gasteiger partial charge in [0, 0.05) is 5.02 Å². The maximum absolute atomic E-state index is 12.9. The van der Waals surface area contributed by atoms with E-state index in [1.807, 2.05) is 0 Å². The summed E-state index contributed by atoms with van der Waals surface area (Å²) in [4.78, 5) is 0. The lowest BCUT2D eigenvalue weighted by Gasteiger charge is -2.26. The molecule has 0 aliphatic carbocycles. The molecule has 1 aromatic carbocycles. The van der Waals surface area contributed by atoms with E-state index in [0.29, 0.717) is 5.56 Å². The fourth-order valence-electron chi connectivity index (χ4n) is 1.19. The molecule has 1 aromatic rings. The van der Waals surface area contributed by atoms with Gasteiger partial charge in [-0.05, 0) is 24.1 Å². The van der Waals surface area contributed by atoms with Crippen LogP contribution in [0.1, 0.15) is 17.2 Å². The molecule has 0 saturated heterocycles. The second kappa shape index (κ2) is 5.59. The minimum Gasteiger partial charge on any atom is -0.319 e. The van der Waals surface area contributed by atoms with Crippen molar-refractivity contribution in [1.29, 1.82) is 0 Å². The van der Waals surface area contributed by atoms with Crippen LogP contribution in [-0.4, -0.2) is 12.1 Å². The van der Waals surface area contributed by atoms with Crippen molar-refractivity contribution in [2.45, 2.75) is 25.1 Å². The van der Waals surface area contributed by atoms with Crippen molar-refractivity contribution in [2.75, 3.05) is 0 Å². The quantitative estimate of drug-likeness (QED) is 0.811. The molecular formula is C10H10Cl2F5N. The van der Waals surface area contributed by atoms with Gasteiger partial charge in [0.1, 0.15) is 6.04 Å². The van der Waals surface area contributed by atoms with Gasteiger partial charge in [-0.25, -0.2) is 0 Å². The number of hydrogen-bond acceptors (Lipinski definition) is 1. The van der Waals surface area contributed by atoms with E-state index in [1.54, 1.807) is 6.92 Å². The Bertz CT molecular complexity index is 419. The Labute approximate surface area is 112 Å². The average Bonchev–Trinajstić information content (AvgIpc) is 2.19. The van der Waals surface area contributed by atoms with Crippen LogP contribution in [0.5, 0.6) is 0 Å². The van der Waals surface area contributed by atoms with Crippen LogP contribution in [0.2, 0.25) is 5.02 Å². The second-order valence-corrected chi connectivity index (χ2v) is 4.01. The molecule has 1 atom stereocenters. The standard InChI is InChI=1S/C10H9ClF5N.ClH/c1-5-2-3-6(4-7(5)11)8(17)9(12,13)10(14,15)16;/h2-4,8H,17H2,1H3;1H/t8-;/m0./s1. The van der Waals surface area contributed by atoms with Crippen molar-refractivity contribution in [1.82, 2.24) is 0 Å². The zero-order valence-corrected chi connectivity index (χ0v) is 10.6. The molecule has 0 aliphatic rings. The summed E-state index contributed by atoms with van der Waals surface area (Å²) in [5.41, 5.74) is 5.16. The van der Waals surface area contributed by atoms with Crippen LogP contribution in [0, 0.1) is 6.92 Å². The Morgan fingerprint density at radius 3 is 2.06 bits per heavy atom. The summed E-state index contributed by atoms with van der Waals surface area (Å²) in [5, 5.41) is 0.0934. The van der Waals surface area contributed by atoms with Gasteiger partial charge in [0.25, 0.3) is 0 Å². The normalized spacial score (nSPS) is 14.0. The molecule has 0 unspecified atom stereocenters. The number of benzene rings is 1. The molecule has 1 rings (SSSR count). The number of hydrogen-bond donors (Lipinski definition) is 1. The molecule has 104 valence electrons. The maximum Gasteiger partial charge on any atom is 0.455 e. The third-order valence-electron chi connectivity index (χ3n) is 2.32. The summed E-state index contributed by atoms with van der Waals surface area (Å²) in [6.45, 7) is 1.60. The van der Waals surface area contributed by atoms with Gasteiger partial charge in [0.2, 0.25) is 0 Å². The van der Waals surface area contributed by atoms with E-state index in [1.165, 1.54) is 6.07 Å². The molecule has 18 heavy (non-hydrogen) atoms. The predicted octanol–water partition coefficient (Wildman–Crippen LogP) is 4.27. The van der Waals surface area contributed by atoms with Crippen molar-refractivity contribution in [2.24, 2.45) is 5.73 Å². The van der Waals surface area contributed by atoms with E-state index >= 15 is 0 Å². The number of alkyl halides is 5. The first kappa shape index (κ1) is 17.4. The van der Waals surface area contributed by atoms with Crippen LogP contribution in [0.3, 0.4) is 0 Å². The minimum atomic E-state index is -5.69. The molecule has 0 aliphatic heterocycles. The highest BCUT2D eigenvalue weighted by Gasteiger charge is 2.61. The van der Waals surface area contributed by atoms with Crippen molar-refractivity contribution >= 4 is 24.0 Å². The minimum absolute atomic E-state index is 0. The van der Waals surface area contributed by atoms with Crippen LogP contribution in [-0.2, 0) is 0 Å². The number of aryl methyl sites for hydroxylation is 1. The summed E-state index contributed by atoms with van der Waals surface area (Å²) >= 11 is 5.64. The number of rotatable bonds is 2. The van der Waals surface area contributed by atoms with Crippen LogP contribution >= 0.6 is 24.0 Å². The van der Waals surface area contributed by atoms with Crippen molar-refractivity contribution < 1.29 is 22.0 Å². The monoisotopic (exact) mass is 309 g/mol. The fraction of sp³-hybridized carbons (Fsp3) is 0.400. The van der Waals surface area contributed by atoms with E-state index in [9.17, 15) is 22.0 Å². The number of halogens is 7. The average molecular weight is 310 g/mol. The molecule has 0 amide bonds. The largest absolute Gasteiger partial charge is 0.455 e. The van der Waals surface area contributed by atoms with Crippen LogP contribution < -0.4 is 5.73 Å². The highest BCUT2D eigenvalue weighted by atomic mass is 35.5. The third-order valence-corrected chi connectivity index (χ3v) is 2.73. The molecule has 0 spiro atoms. The molecule has 0 aromatic heterocycles. The highest BCUT2D eigenvalue weighted by Crippen LogP contribution is 2.43. The summed E-state index contributed by atoms with van der Waals surface area (Å²) in [6, 6.07) is 0.983. The van der Waals surface area contributed by atoms with Crippen molar-refractivity contribution in [3.63, 3.8) is 0 Å². The summed E-state index contributed by atoms with van der Waals surface area (Å²) in [6.07, 6.45) is -5.69. The van der Waals surface area contributed by atoms with E-state index < -0.39 is 18.1 Å². The molecule has 0 saturated carbocycles. The molecule has 0 bridgehead atoms. The second-order valence-electron chi connectivity index (χ2n) is 3.61. The SMILES string of the molecule is Cc1ccc([C@H](N)C(F)(F)C(F)(F)F)cc1Cl.Cl. The smallest absolute Gasteiger partial charge is 0.319 e. The molecule has 2 N–H and O–H groups in total. The lowest BCUT2D eigenvalue weighted by atomic mass is 10.00. The fourth-order valence-corrected chi connectivity index (χ4v) is 1.38. The third kappa shape index (κ3) is 3.24. The first-order valence-corrected chi connectivity index (χ1v) is 4.91. The first-order valence-electron chi connectivity index (χ1n) is 4.53. The van der Waals surface area contributed by atoms with E-state index in [4.69, 9.17) is 17.3 Å². The first-order chi connectivity index (χ1) is 7.57. The Kier molecular flexibility index (Phi) is 5.40. The number of nitrogens with two attached hydrogens (primary N) is 1.